The van der Waals surface area contributed by atoms with Gasteiger partial charge in [0.2, 0.25) is 0 Å². The van der Waals surface area contributed by atoms with Crippen molar-refractivity contribution in [3.63, 3.8) is 0 Å². The van der Waals surface area contributed by atoms with Gasteiger partial charge in [-0.1, -0.05) is 50.2 Å². The van der Waals surface area contributed by atoms with Crippen molar-refractivity contribution >= 4 is 17.1 Å². The molecule has 0 aromatic heterocycles. The minimum atomic E-state index is -1.23. The SMILES string of the molecule is CC1(C)c2ccccc2N(c2c(C#N)cc(C(c3c(C#N)cc(C#N)cc3C#N)c3c(C#N)cc(C#N)cc3C#N)cc2C#N)c2ccccc21. The number of rotatable bonds is 4. The Morgan fingerprint density at radius 2 is 0.824 bits per heavy atom. The van der Waals surface area contributed by atoms with E-state index in [2.05, 4.69) is 50.3 Å². The Hall–Kier alpha value is -8.18. The summed E-state index contributed by atoms with van der Waals surface area (Å²) in [6.45, 7) is 4.22. The van der Waals surface area contributed by atoms with Crippen LogP contribution in [0.4, 0.5) is 17.1 Å². The molecule has 0 bridgehead atoms. The van der Waals surface area contributed by atoms with Crippen molar-refractivity contribution in [2.45, 2.75) is 25.2 Å². The second-order valence-electron chi connectivity index (χ2n) is 12.3. The molecule has 51 heavy (non-hydrogen) atoms. The van der Waals surface area contributed by atoms with Crippen molar-refractivity contribution in [1.82, 2.24) is 0 Å². The highest BCUT2D eigenvalue weighted by Gasteiger charge is 2.39. The first-order valence-electron chi connectivity index (χ1n) is 15.4. The molecule has 0 saturated carbocycles. The first-order chi connectivity index (χ1) is 24.7. The van der Waals surface area contributed by atoms with E-state index < -0.39 is 11.3 Å². The molecule has 0 radical (unpaired) electrons. The minimum absolute atomic E-state index is 0.0440. The van der Waals surface area contributed by atoms with Gasteiger partial charge < -0.3 is 4.90 Å². The number of anilines is 3. The van der Waals surface area contributed by atoms with Crippen molar-refractivity contribution in [2.24, 2.45) is 0 Å². The van der Waals surface area contributed by atoms with Gasteiger partial charge in [-0.05, 0) is 76.3 Å². The maximum absolute atomic E-state index is 10.8. The molecule has 234 valence electrons. The second kappa shape index (κ2) is 12.8. The summed E-state index contributed by atoms with van der Waals surface area (Å²) >= 11 is 0. The predicted molar refractivity (Wildman–Crippen MR) is 185 cm³/mol. The third kappa shape index (κ3) is 5.12. The third-order valence-electron chi connectivity index (χ3n) is 9.24. The third-order valence-corrected chi connectivity index (χ3v) is 9.24. The highest BCUT2D eigenvalue weighted by atomic mass is 15.2. The lowest BCUT2D eigenvalue weighted by Crippen LogP contribution is -2.31. The van der Waals surface area contributed by atoms with Crippen LogP contribution in [0, 0.1) is 90.6 Å². The van der Waals surface area contributed by atoms with E-state index in [1.165, 1.54) is 36.4 Å². The predicted octanol–water partition coefficient (Wildman–Crippen LogP) is 7.95. The average molecular weight is 652 g/mol. The summed E-state index contributed by atoms with van der Waals surface area (Å²) in [4.78, 5) is 1.89. The fourth-order valence-corrected chi connectivity index (χ4v) is 7.05. The van der Waals surface area contributed by atoms with Gasteiger partial charge in [0.05, 0.1) is 98.0 Å². The van der Waals surface area contributed by atoms with Crippen LogP contribution < -0.4 is 4.90 Å². The van der Waals surface area contributed by atoms with Gasteiger partial charge in [-0.3, -0.25) is 0 Å². The van der Waals surface area contributed by atoms with Crippen LogP contribution in [-0.2, 0) is 5.41 Å². The van der Waals surface area contributed by atoms with Gasteiger partial charge >= 0.3 is 0 Å². The maximum atomic E-state index is 10.8. The zero-order chi connectivity index (χ0) is 36.4. The summed E-state index contributed by atoms with van der Waals surface area (Å²) in [5.41, 5.74) is 3.73. The van der Waals surface area contributed by atoms with Crippen molar-refractivity contribution in [1.29, 1.82) is 42.1 Å². The van der Waals surface area contributed by atoms with Gasteiger partial charge in [-0.25, -0.2) is 0 Å². The van der Waals surface area contributed by atoms with E-state index >= 15 is 0 Å². The summed E-state index contributed by atoms with van der Waals surface area (Å²) in [6, 6.07) is 40.4. The van der Waals surface area contributed by atoms with Crippen molar-refractivity contribution < 1.29 is 0 Å². The van der Waals surface area contributed by atoms with Crippen LogP contribution in [0.2, 0.25) is 0 Å². The van der Waals surface area contributed by atoms with Gasteiger partial charge in [-0.15, -0.1) is 0 Å². The van der Waals surface area contributed by atoms with Gasteiger partial charge in [-0.2, -0.15) is 42.1 Å². The number of para-hydroxylation sites is 2. The zero-order valence-electron chi connectivity index (χ0n) is 27.2. The van der Waals surface area contributed by atoms with E-state index in [4.69, 9.17) is 0 Å². The van der Waals surface area contributed by atoms with E-state index in [9.17, 15) is 42.1 Å². The molecule has 9 heteroatoms. The first kappa shape index (κ1) is 32.7. The lowest BCUT2D eigenvalue weighted by atomic mass is 9.73. The van der Waals surface area contributed by atoms with Crippen LogP contribution in [0.3, 0.4) is 0 Å². The molecule has 1 aliphatic heterocycles. The highest BCUT2D eigenvalue weighted by Crippen LogP contribution is 2.53. The Labute approximate surface area is 294 Å². The molecule has 9 nitrogen and oxygen atoms in total. The molecule has 0 N–H and O–H groups in total. The quantitative estimate of drug-likeness (QED) is 0.173. The van der Waals surface area contributed by atoms with E-state index in [0.29, 0.717) is 5.69 Å². The van der Waals surface area contributed by atoms with Crippen LogP contribution in [0.15, 0.2) is 84.9 Å². The molecule has 5 aromatic carbocycles. The zero-order valence-corrected chi connectivity index (χ0v) is 27.2. The van der Waals surface area contributed by atoms with Gasteiger partial charge in [0.15, 0.2) is 0 Å². The first-order valence-corrected chi connectivity index (χ1v) is 15.4. The number of nitrogens with zero attached hydrogens (tertiary/aromatic N) is 9. The van der Waals surface area contributed by atoms with Gasteiger partial charge in [0.25, 0.3) is 0 Å². The van der Waals surface area contributed by atoms with Crippen LogP contribution in [0.1, 0.15) is 92.1 Å². The topological polar surface area (TPSA) is 194 Å². The van der Waals surface area contributed by atoms with E-state index in [-0.39, 0.29) is 61.2 Å². The number of hydrogen-bond acceptors (Lipinski definition) is 9. The van der Waals surface area contributed by atoms with Crippen LogP contribution >= 0.6 is 0 Å². The van der Waals surface area contributed by atoms with E-state index in [0.717, 1.165) is 22.5 Å². The molecule has 1 heterocycles. The Balaban J connectivity index is 1.76. The Morgan fingerprint density at radius 1 is 0.471 bits per heavy atom. The summed E-state index contributed by atoms with van der Waals surface area (Å²) in [7, 11) is 0. The number of fused-ring (bicyclic) bond motifs is 2. The maximum Gasteiger partial charge on any atom is 0.101 e. The number of benzene rings is 5. The molecule has 6 rings (SSSR count). The minimum Gasteiger partial charge on any atom is -0.307 e. The number of hydrogen-bond donors (Lipinski definition) is 0. The van der Waals surface area contributed by atoms with Crippen LogP contribution in [-0.4, -0.2) is 0 Å². The average Bonchev–Trinajstić information content (AvgIpc) is 3.17. The normalized spacial score (nSPS) is 11.9. The Morgan fingerprint density at radius 3 is 1.16 bits per heavy atom. The Kier molecular flexibility index (Phi) is 8.21. The smallest absolute Gasteiger partial charge is 0.101 e. The molecular weight excluding hydrogens is 631 g/mol. The molecule has 0 aliphatic carbocycles. The lowest BCUT2D eigenvalue weighted by molar-refractivity contribution is 0.632. The fraction of sp³-hybridized carbons (Fsp3) is 0.0952. The fourth-order valence-electron chi connectivity index (χ4n) is 7.05. The molecule has 5 aromatic rings. The monoisotopic (exact) mass is 651 g/mol. The largest absolute Gasteiger partial charge is 0.307 e. The molecular formula is C42H21N9. The summed E-state index contributed by atoms with van der Waals surface area (Å²) in [5, 5.41) is 82.2. The van der Waals surface area contributed by atoms with Crippen LogP contribution in [0.5, 0.6) is 0 Å². The van der Waals surface area contributed by atoms with Gasteiger partial charge in [0.1, 0.15) is 12.1 Å². The highest BCUT2D eigenvalue weighted by molar-refractivity contribution is 5.90. The molecule has 0 fully saturated rings. The van der Waals surface area contributed by atoms with E-state index in [1.54, 1.807) is 0 Å². The summed E-state index contributed by atoms with van der Waals surface area (Å²) < 4.78 is 0. The van der Waals surface area contributed by atoms with E-state index in [1.807, 2.05) is 65.6 Å². The molecule has 1 aliphatic rings. The molecule has 0 atom stereocenters. The number of nitriles is 8. The summed E-state index contributed by atoms with van der Waals surface area (Å²) in [5.74, 6) is -1.23. The summed E-state index contributed by atoms with van der Waals surface area (Å²) in [6.07, 6.45) is 0. The van der Waals surface area contributed by atoms with Crippen molar-refractivity contribution in [3.05, 3.63) is 157 Å². The molecule has 0 saturated heterocycles. The van der Waals surface area contributed by atoms with Gasteiger partial charge in [0, 0.05) is 11.3 Å². The molecule has 0 spiro atoms. The lowest BCUT2D eigenvalue weighted by Gasteiger charge is -2.42. The Bertz CT molecular complexity index is 2430. The van der Waals surface area contributed by atoms with Crippen LogP contribution in [0.25, 0.3) is 0 Å². The molecule has 0 amide bonds. The molecule has 0 unspecified atom stereocenters. The standard InChI is InChI=1S/C42H21N9/c1-42(2)34-7-3-5-9-36(34)51(37-10-6-4-8-35(37)42)41-32(23-49)15-27(16-33(41)24-50)40(38-28(19-45)11-25(17-43)12-29(38)20-46)39-30(21-47)13-26(18-44)14-31(39)22-48/h3-16,40H,1-2H3. The van der Waals surface area contributed by atoms with Crippen molar-refractivity contribution in [3.8, 4) is 48.6 Å². The van der Waals surface area contributed by atoms with Crippen molar-refractivity contribution in [2.75, 3.05) is 4.90 Å². The second-order valence-corrected chi connectivity index (χ2v) is 12.3.